The zero-order chi connectivity index (χ0) is 9.86. The third kappa shape index (κ3) is 1.93. The molecule has 2 fully saturated rings. The van der Waals surface area contributed by atoms with Gasteiger partial charge in [0.1, 0.15) is 13.3 Å². The van der Waals surface area contributed by atoms with E-state index in [9.17, 15) is 0 Å². The quantitative estimate of drug-likeness (QED) is 0.641. The van der Waals surface area contributed by atoms with E-state index in [0.29, 0.717) is 6.73 Å². The first kappa shape index (κ1) is 10.4. The SMILES string of the molecule is COCCN1COOCC12CCCC2. The van der Waals surface area contributed by atoms with Crippen LogP contribution < -0.4 is 0 Å². The molecule has 14 heavy (non-hydrogen) atoms. The van der Waals surface area contributed by atoms with Gasteiger partial charge in [0.15, 0.2) is 0 Å². The first-order valence-corrected chi connectivity index (χ1v) is 5.36. The summed E-state index contributed by atoms with van der Waals surface area (Å²) in [6.07, 6.45) is 5.10. The van der Waals surface area contributed by atoms with Crippen molar-refractivity contribution in [3.05, 3.63) is 0 Å². The maximum atomic E-state index is 5.13. The van der Waals surface area contributed by atoms with E-state index in [4.69, 9.17) is 14.5 Å². The van der Waals surface area contributed by atoms with Crippen LogP contribution in [0.3, 0.4) is 0 Å². The zero-order valence-electron chi connectivity index (χ0n) is 8.83. The van der Waals surface area contributed by atoms with E-state index in [-0.39, 0.29) is 5.54 Å². The van der Waals surface area contributed by atoms with Crippen molar-refractivity contribution in [2.24, 2.45) is 0 Å². The number of methoxy groups -OCH3 is 1. The highest BCUT2D eigenvalue weighted by Gasteiger charge is 2.42. The van der Waals surface area contributed by atoms with Crippen molar-refractivity contribution >= 4 is 0 Å². The summed E-state index contributed by atoms with van der Waals surface area (Å²) in [4.78, 5) is 12.5. The number of hydrogen-bond donors (Lipinski definition) is 0. The Morgan fingerprint density at radius 2 is 2.07 bits per heavy atom. The molecule has 2 aliphatic rings. The molecule has 1 saturated carbocycles. The standard InChI is InChI=1S/C10H19NO3/c1-12-7-6-11-9-14-13-8-10(11)4-2-3-5-10/h2-9H2,1H3. The molecular formula is C10H19NO3. The average molecular weight is 201 g/mol. The number of hydrogen-bond acceptors (Lipinski definition) is 4. The Labute approximate surface area is 85.0 Å². The highest BCUT2D eigenvalue weighted by atomic mass is 17.2. The molecule has 1 aliphatic carbocycles. The van der Waals surface area contributed by atoms with E-state index in [1.54, 1.807) is 7.11 Å². The molecule has 0 aromatic carbocycles. The summed E-state index contributed by atoms with van der Waals surface area (Å²) in [6, 6.07) is 0. The van der Waals surface area contributed by atoms with E-state index in [1.165, 1.54) is 25.7 Å². The molecule has 0 N–H and O–H groups in total. The van der Waals surface area contributed by atoms with Crippen molar-refractivity contribution in [1.29, 1.82) is 0 Å². The van der Waals surface area contributed by atoms with Crippen molar-refractivity contribution in [2.45, 2.75) is 31.2 Å². The summed E-state index contributed by atoms with van der Waals surface area (Å²) in [5.74, 6) is 0. The van der Waals surface area contributed by atoms with E-state index in [2.05, 4.69) is 4.90 Å². The van der Waals surface area contributed by atoms with Crippen LogP contribution in [0.25, 0.3) is 0 Å². The third-order valence-electron chi connectivity index (χ3n) is 3.39. The van der Waals surface area contributed by atoms with E-state index >= 15 is 0 Å². The van der Waals surface area contributed by atoms with Crippen LogP contribution in [0.1, 0.15) is 25.7 Å². The largest absolute Gasteiger partial charge is 0.383 e. The fraction of sp³-hybridized carbons (Fsp3) is 1.00. The second-order valence-corrected chi connectivity index (χ2v) is 4.20. The van der Waals surface area contributed by atoms with Crippen LogP contribution >= 0.6 is 0 Å². The molecule has 4 heteroatoms. The van der Waals surface area contributed by atoms with Crippen molar-refractivity contribution < 1.29 is 14.5 Å². The van der Waals surface area contributed by atoms with E-state index in [0.717, 1.165) is 19.8 Å². The second-order valence-electron chi connectivity index (χ2n) is 4.20. The van der Waals surface area contributed by atoms with Gasteiger partial charge in [0, 0.05) is 19.2 Å². The van der Waals surface area contributed by atoms with Crippen LogP contribution in [0.2, 0.25) is 0 Å². The topological polar surface area (TPSA) is 30.9 Å². The number of nitrogens with zero attached hydrogens (tertiary/aromatic N) is 1. The van der Waals surface area contributed by atoms with Gasteiger partial charge in [0.25, 0.3) is 0 Å². The Kier molecular flexibility index (Phi) is 3.38. The zero-order valence-corrected chi connectivity index (χ0v) is 8.83. The van der Waals surface area contributed by atoms with Gasteiger partial charge in [-0.1, -0.05) is 12.8 Å². The third-order valence-corrected chi connectivity index (χ3v) is 3.39. The molecule has 0 aromatic heterocycles. The number of ether oxygens (including phenoxy) is 1. The molecular weight excluding hydrogens is 182 g/mol. The Morgan fingerprint density at radius 3 is 2.79 bits per heavy atom. The molecule has 1 heterocycles. The van der Waals surface area contributed by atoms with Gasteiger partial charge in [0.05, 0.1) is 6.61 Å². The normalized spacial score (nSPS) is 27.2. The van der Waals surface area contributed by atoms with Gasteiger partial charge in [-0.2, -0.15) is 0 Å². The maximum absolute atomic E-state index is 5.13. The monoisotopic (exact) mass is 201 g/mol. The van der Waals surface area contributed by atoms with E-state index < -0.39 is 0 Å². The molecule has 0 atom stereocenters. The first-order valence-electron chi connectivity index (χ1n) is 5.36. The van der Waals surface area contributed by atoms with Gasteiger partial charge < -0.3 is 4.74 Å². The fourth-order valence-electron chi connectivity index (χ4n) is 2.48. The molecule has 0 amide bonds. The summed E-state index contributed by atoms with van der Waals surface area (Å²) in [5, 5.41) is 0. The first-order chi connectivity index (χ1) is 6.87. The van der Waals surface area contributed by atoms with Crippen molar-refractivity contribution in [3.63, 3.8) is 0 Å². The molecule has 0 aromatic rings. The molecule has 0 radical (unpaired) electrons. The Balaban J connectivity index is 1.95. The van der Waals surface area contributed by atoms with Gasteiger partial charge in [0.2, 0.25) is 0 Å². The molecule has 82 valence electrons. The molecule has 0 bridgehead atoms. The summed E-state index contributed by atoms with van der Waals surface area (Å²) < 4.78 is 5.11. The Morgan fingerprint density at radius 1 is 1.29 bits per heavy atom. The molecule has 1 saturated heterocycles. The predicted molar refractivity (Wildman–Crippen MR) is 51.7 cm³/mol. The van der Waals surface area contributed by atoms with Crippen LogP contribution in [-0.4, -0.2) is 44.0 Å². The van der Waals surface area contributed by atoms with Gasteiger partial charge in [-0.15, -0.1) is 0 Å². The summed E-state index contributed by atoms with van der Waals surface area (Å²) in [7, 11) is 1.74. The summed E-state index contributed by atoms with van der Waals surface area (Å²) in [6.45, 7) is 3.02. The smallest absolute Gasteiger partial charge is 0.136 e. The molecule has 2 rings (SSSR count). The molecule has 1 spiro atoms. The van der Waals surface area contributed by atoms with Crippen molar-refractivity contribution in [1.82, 2.24) is 4.90 Å². The maximum Gasteiger partial charge on any atom is 0.136 e. The Hall–Kier alpha value is -0.160. The number of rotatable bonds is 3. The lowest BCUT2D eigenvalue weighted by molar-refractivity contribution is -0.371. The van der Waals surface area contributed by atoms with E-state index in [1.807, 2.05) is 0 Å². The minimum Gasteiger partial charge on any atom is -0.383 e. The fourth-order valence-corrected chi connectivity index (χ4v) is 2.48. The van der Waals surface area contributed by atoms with Gasteiger partial charge >= 0.3 is 0 Å². The summed E-state index contributed by atoms with van der Waals surface area (Å²) in [5.41, 5.74) is 0.247. The predicted octanol–water partition coefficient (Wildman–Crippen LogP) is 1.17. The lowest BCUT2D eigenvalue weighted by Crippen LogP contribution is -2.55. The molecule has 4 nitrogen and oxygen atoms in total. The molecule has 0 unspecified atom stereocenters. The van der Waals surface area contributed by atoms with Gasteiger partial charge in [-0.05, 0) is 12.8 Å². The van der Waals surface area contributed by atoms with Crippen LogP contribution in [0.4, 0.5) is 0 Å². The minimum atomic E-state index is 0.247. The highest BCUT2D eigenvalue weighted by molar-refractivity contribution is 4.94. The van der Waals surface area contributed by atoms with Gasteiger partial charge in [-0.25, -0.2) is 9.78 Å². The highest BCUT2D eigenvalue weighted by Crippen LogP contribution is 2.37. The average Bonchev–Trinajstić information content (AvgIpc) is 2.66. The van der Waals surface area contributed by atoms with Crippen LogP contribution in [0.15, 0.2) is 0 Å². The Bertz CT molecular complexity index is 180. The van der Waals surface area contributed by atoms with Crippen LogP contribution in [0.5, 0.6) is 0 Å². The molecule has 1 aliphatic heterocycles. The second kappa shape index (κ2) is 4.57. The van der Waals surface area contributed by atoms with Crippen LogP contribution in [0, 0.1) is 0 Å². The van der Waals surface area contributed by atoms with Gasteiger partial charge in [-0.3, -0.25) is 4.90 Å². The lowest BCUT2D eigenvalue weighted by atomic mass is 9.96. The minimum absolute atomic E-state index is 0.247. The van der Waals surface area contributed by atoms with Crippen molar-refractivity contribution in [3.8, 4) is 0 Å². The lowest BCUT2D eigenvalue weighted by Gasteiger charge is -2.43. The van der Waals surface area contributed by atoms with Crippen LogP contribution in [-0.2, 0) is 14.5 Å². The van der Waals surface area contributed by atoms with Crippen molar-refractivity contribution in [2.75, 3.05) is 33.6 Å². The summed E-state index contributed by atoms with van der Waals surface area (Å²) >= 11 is 0.